The third kappa shape index (κ3) is 59.3. The van der Waals surface area contributed by atoms with E-state index >= 15 is 0 Å². The molecule has 0 N–H and O–H groups in total. The van der Waals surface area contributed by atoms with Gasteiger partial charge in [0, 0.05) is 19.3 Å². The van der Waals surface area contributed by atoms with Crippen LogP contribution in [0.4, 0.5) is 0 Å². The first-order valence-corrected chi connectivity index (χ1v) is 31.1. The van der Waals surface area contributed by atoms with Crippen molar-refractivity contribution < 1.29 is 28.6 Å². The summed E-state index contributed by atoms with van der Waals surface area (Å²) in [4.78, 5) is 38.1. The van der Waals surface area contributed by atoms with Gasteiger partial charge < -0.3 is 14.2 Å². The second-order valence-corrected chi connectivity index (χ2v) is 20.6. The second kappa shape index (κ2) is 61.1. The standard InChI is InChI=1S/C67H116O6/c1-4-7-10-13-16-19-22-23-24-25-26-27-28-29-30-31-32-33-34-35-36-37-38-39-40-41-42-43-46-48-51-54-57-60-66(69)72-63-64(73-67(70)61-58-55-52-49-45-21-18-15-12-9-6-3)62-71-65(68)59-56-53-50-47-44-20-17-14-11-8-5-2/h7,10,15-16,18-19,23-24,26-27,29-30,32-33,64H,4-6,8-9,11-14,17,20-22,25,28,31,34-63H2,1-3H3/b10-7-,18-15-,19-16-,24-23-,27-26-,30-29-,33-32-. The average Bonchev–Trinajstić information content (AvgIpc) is 3.39. The summed E-state index contributed by atoms with van der Waals surface area (Å²) in [5.74, 6) is -0.878. The maximum Gasteiger partial charge on any atom is 0.306 e. The fraction of sp³-hybridized carbons (Fsp3) is 0.746. The molecule has 0 aliphatic carbocycles. The molecule has 0 saturated heterocycles. The summed E-state index contributed by atoms with van der Waals surface area (Å²) in [7, 11) is 0. The molecule has 0 aromatic carbocycles. The summed E-state index contributed by atoms with van der Waals surface area (Å²) >= 11 is 0. The highest BCUT2D eigenvalue weighted by atomic mass is 16.6. The molecule has 0 aliphatic heterocycles. The van der Waals surface area contributed by atoms with Crippen LogP contribution in [0.3, 0.4) is 0 Å². The predicted molar refractivity (Wildman–Crippen MR) is 316 cm³/mol. The summed E-state index contributed by atoms with van der Waals surface area (Å²) < 4.78 is 16.8. The lowest BCUT2D eigenvalue weighted by atomic mass is 10.0. The highest BCUT2D eigenvalue weighted by Crippen LogP contribution is 2.16. The molecule has 0 heterocycles. The van der Waals surface area contributed by atoms with Gasteiger partial charge in [-0.25, -0.2) is 0 Å². The lowest BCUT2D eigenvalue weighted by Gasteiger charge is -2.18. The van der Waals surface area contributed by atoms with E-state index in [0.29, 0.717) is 19.3 Å². The van der Waals surface area contributed by atoms with Crippen molar-refractivity contribution in [3.8, 4) is 0 Å². The topological polar surface area (TPSA) is 78.9 Å². The number of unbranched alkanes of at least 4 members (excludes halogenated alkanes) is 31. The van der Waals surface area contributed by atoms with E-state index in [1.807, 2.05) is 0 Å². The Hall–Kier alpha value is -3.41. The van der Waals surface area contributed by atoms with Gasteiger partial charge in [0.05, 0.1) is 0 Å². The molecule has 0 fully saturated rings. The molecule has 1 unspecified atom stereocenters. The third-order valence-electron chi connectivity index (χ3n) is 13.4. The van der Waals surface area contributed by atoms with Crippen LogP contribution in [0.25, 0.3) is 0 Å². The molecule has 420 valence electrons. The zero-order chi connectivity index (χ0) is 52.9. The summed E-state index contributed by atoms with van der Waals surface area (Å²) in [6.07, 6.45) is 80.3. The molecule has 1 atom stereocenters. The van der Waals surface area contributed by atoms with Gasteiger partial charge in [-0.2, -0.15) is 0 Å². The quantitative estimate of drug-likeness (QED) is 0.0261. The summed E-state index contributed by atoms with van der Waals surface area (Å²) in [6, 6.07) is 0. The molecule has 6 heteroatoms. The first-order chi connectivity index (χ1) is 36.0. The normalized spacial score (nSPS) is 12.6. The zero-order valence-corrected chi connectivity index (χ0v) is 48.1. The van der Waals surface area contributed by atoms with Crippen LogP contribution >= 0.6 is 0 Å². The molecule has 0 rings (SSSR count). The van der Waals surface area contributed by atoms with Crippen molar-refractivity contribution in [3.05, 3.63) is 85.1 Å². The van der Waals surface area contributed by atoms with E-state index in [1.165, 1.54) is 154 Å². The van der Waals surface area contributed by atoms with Crippen molar-refractivity contribution in [2.24, 2.45) is 0 Å². The highest BCUT2D eigenvalue weighted by molar-refractivity contribution is 5.71. The Bertz CT molecular complexity index is 1400. The second-order valence-electron chi connectivity index (χ2n) is 20.6. The number of allylic oxidation sites excluding steroid dienone is 14. The fourth-order valence-corrected chi connectivity index (χ4v) is 8.72. The largest absolute Gasteiger partial charge is 0.462 e. The first kappa shape index (κ1) is 69.6. The SMILES string of the molecule is CC/C=C\C/C=C\C/C=C\C/C=C\C/C=C\C/C=C\CCCCCCCCCCCCCCCCC(=O)OCC(COC(=O)CCCCCCCCCCCCC)OC(=O)CCCCCCC/C=C\CCCC. The van der Waals surface area contributed by atoms with Crippen LogP contribution < -0.4 is 0 Å². The monoisotopic (exact) mass is 1020 g/mol. The van der Waals surface area contributed by atoms with E-state index < -0.39 is 6.10 Å². The van der Waals surface area contributed by atoms with Gasteiger partial charge in [-0.05, 0) is 89.9 Å². The molecule has 73 heavy (non-hydrogen) atoms. The molecular formula is C67H116O6. The van der Waals surface area contributed by atoms with E-state index in [-0.39, 0.29) is 31.1 Å². The number of esters is 3. The molecule has 0 radical (unpaired) electrons. The van der Waals surface area contributed by atoms with Crippen LogP contribution in [0.1, 0.15) is 303 Å². The van der Waals surface area contributed by atoms with Crippen LogP contribution in [0.2, 0.25) is 0 Å². The number of rotatable bonds is 56. The summed E-state index contributed by atoms with van der Waals surface area (Å²) in [6.45, 7) is 6.49. The Morgan fingerprint density at radius 2 is 0.548 bits per heavy atom. The van der Waals surface area contributed by atoms with Gasteiger partial charge in [0.15, 0.2) is 6.10 Å². The maximum absolute atomic E-state index is 12.8. The van der Waals surface area contributed by atoms with Crippen LogP contribution in [0.15, 0.2) is 85.1 Å². The molecule has 0 bridgehead atoms. The van der Waals surface area contributed by atoms with Crippen molar-refractivity contribution in [2.45, 2.75) is 309 Å². The highest BCUT2D eigenvalue weighted by Gasteiger charge is 2.19. The number of hydrogen-bond acceptors (Lipinski definition) is 6. The van der Waals surface area contributed by atoms with Crippen LogP contribution in [0.5, 0.6) is 0 Å². The number of carbonyl (C=O) groups excluding carboxylic acids is 3. The molecule has 0 saturated carbocycles. The Kier molecular flexibility index (Phi) is 58.3. The van der Waals surface area contributed by atoms with Gasteiger partial charge >= 0.3 is 17.9 Å². The van der Waals surface area contributed by atoms with Gasteiger partial charge in [0.1, 0.15) is 13.2 Å². The molecule has 0 aliphatic rings. The van der Waals surface area contributed by atoms with Crippen LogP contribution in [-0.4, -0.2) is 37.2 Å². The Labute approximate surface area is 452 Å². The summed E-state index contributed by atoms with van der Waals surface area (Å²) in [5, 5.41) is 0. The Morgan fingerprint density at radius 1 is 0.288 bits per heavy atom. The van der Waals surface area contributed by atoms with Crippen LogP contribution in [0, 0.1) is 0 Å². The first-order valence-electron chi connectivity index (χ1n) is 31.1. The smallest absolute Gasteiger partial charge is 0.306 e. The average molecular weight is 1020 g/mol. The van der Waals surface area contributed by atoms with Crippen molar-refractivity contribution in [1.29, 1.82) is 0 Å². The van der Waals surface area contributed by atoms with E-state index in [9.17, 15) is 14.4 Å². The van der Waals surface area contributed by atoms with E-state index in [0.717, 1.165) is 109 Å². The minimum Gasteiger partial charge on any atom is -0.462 e. The van der Waals surface area contributed by atoms with Gasteiger partial charge in [-0.3, -0.25) is 14.4 Å². The molecule has 0 aromatic rings. The summed E-state index contributed by atoms with van der Waals surface area (Å²) in [5.41, 5.74) is 0. The van der Waals surface area contributed by atoms with E-state index in [2.05, 4.69) is 106 Å². The minimum atomic E-state index is -0.776. The minimum absolute atomic E-state index is 0.0754. The van der Waals surface area contributed by atoms with Gasteiger partial charge in [-0.1, -0.05) is 279 Å². The van der Waals surface area contributed by atoms with Crippen LogP contribution in [-0.2, 0) is 28.6 Å². The van der Waals surface area contributed by atoms with E-state index in [1.54, 1.807) is 0 Å². The number of hydrogen-bond donors (Lipinski definition) is 0. The third-order valence-corrected chi connectivity index (χ3v) is 13.4. The van der Waals surface area contributed by atoms with Crippen molar-refractivity contribution in [1.82, 2.24) is 0 Å². The van der Waals surface area contributed by atoms with Gasteiger partial charge in [0.2, 0.25) is 0 Å². The Morgan fingerprint density at radius 3 is 0.890 bits per heavy atom. The molecule has 6 nitrogen and oxygen atoms in total. The lowest BCUT2D eigenvalue weighted by Crippen LogP contribution is -2.30. The van der Waals surface area contributed by atoms with Crippen molar-refractivity contribution in [3.63, 3.8) is 0 Å². The Balaban J connectivity index is 4.08. The predicted octanol–water partition coefficient (Wildman–Crippen LogP) is 21.1. The zero-order valence-electron chi connectivity index (χ0n) is 48.1. The maximum atomic E-state index is 12.8. The van der Waals surface area contributed by atoms with Crippen molar-refractivity contribution >= 4 is 17.9 Å². The fourth-order valence-electron chi connectivity index (χ4n) is 8.72. The molecule has 0 aromatic heterocycles. The van der Waals surface area contributed by atoms with Gasteiger partial charge in [-0.15, -0.1) is 0 Å². The van der Waals surface area contributed by atoms with E-state index in [4.69, 9.17) is 14.2 Å². The van der Waals surface area contributed by atoms with Gasteiger partial charge in [0.25, 0.3) is 0 Å². The number of carbonyl (C=O) groups is 3. The molecule has 0 amide bonds. The lowest BCUT2D eigenvalue weighted by molar-refractivity contribution is -0.167. The molecule has 0 spiro atoms. The number of ether oxygens (including phenoxy) is 3. The van der Waals surface area contributed by atoms with Crippen molar-refractivity contribution in [2.75, 3.05) is 13.2 Å². The molecular weight excluding hydrogens is 901 g/mol.